The van der Waals surface area contributed by atoms with Gasteiger partial charge < -0.3 is 24.4 Å². The van der Waals surface area contributed by atoms with Crippen molar-refractivity contribution in [1.82, 2.24) is 0 Å². The smallest absolute Gasteiger partial charge is 0.345 e. The number of aliphatic hydroxyl groups excluding tert-OH is 1. The molecular formula is C13H17NO8. The van der Waals surface area contributed by atoms with Crippen molar-refractivity contribution in [1.29, 1.82) is 0 Å². The van der Waals surface area contributed by atoms with Crippen molar-refractivity contribution in [3.8, 4) is 11.5 Å². The summed E-state index contributed by atoms with van der Waals surface area (Å²) in [5.41, 5.74) is -0.879. The van der Waals surface area contributed by atoms with Gasteiger partial charge in [-0.05, 0) is 6.92 Å². The second kappa shape index (κ2) is 8.80. The van der Waals surface area contributed by atoms with Crippen molar-refractivity contribution < 1.29 is 34.1 Å². The topological polar surface area (TPSA) is 128 Å². The molecule has 0 aliphatic carbocycles. The second-order valence-electron chi connectivity index (χ2n) is 4.00. The number of nitro benzene ring substituents is 1. The molecule has 9 heteroatoms. The van der Waals surface area contributed by atoms with E-state index >= 15 is 0 Å². The fraction of sp³-hybridized carbons (Fsp3) is 0.462. The Morgan fingerprint density at radius 1 is 1.32 bits per heavy atom. The van der Waals surface area contributed by atoms with Gasteiger partial charge in [0.15, 0.2) is 11.5 Å². The molecule has 0 unspecified atom stereocenters. The van der Waals surface area contributed by atoms with Gasteiger partial charge in [-0.3, -0.25) is 10.1 Å². The lowest BCUT2D eigenvalue weighted by atomic mass is 10.1. The number of esters is 1. The van der Waals surface area contributed by atoms with E-state index in [-0.39, 0.29) is 44.3 Å². The van der Waals surface area contributed by atoms with Gasteiger partial charge in [0.2, 0.25) is 0 Å². The van der Waals surface area contributed by atoms with E-state index in [9.17, 15) is 20.0 Å². The van der Waals surface area contributed by atoms with E-state index < -0.39 is 22.3 Å². The number of benzene rings is 1. The van der Waals surface area contributed by atoms with Crippen molar-refractivity contribution >= 4 is 11.7 Å². The maximum atomic E-state index is 11.6. The lowest BCUT2D eigenvalue weighted by molar-refractivity contribution is -0.385. The molecule has 0 bridgehead atoms. The Kier molecular flexibility index (Phi) is 7.06. The molecular weight excluding hydrogens is 298 g/mol. The van der Waals surface area contributed by atoms with Gasteiger partial charge in [-0.2, -0.15) is 0 Å². The van der Waals surface area contributed by atoms with E-state index in [0.717, 1.165) is 12.1 Å². The van der Waals surface area contributed by atoms with E-state index in [0.29, 0.717) is 0 Å². The number of hydrogen-bond donors (Lipinski definition) is 2. The molecule has 1 rings (SSSR count). The van der Waals surface area contributed by atoms with Crippen molar-refractivity contribution in [3.05, 3.63) is 27.8 Å². The van der Waals surface area contributed by atoms with Crippen molar-refractivity contribution in [3.63, 3.8) is 0 Å². The fourth-order valence-electron chi connectivity index (χ4n) is 1.57. The highest BCUT2D eigenvalue weighted by atomic mass is 16.6. The number of phenols is 1. The summed E-state index contributed by atoms with van der Waals surface area (Å²) in [4.78, 5) is 21.9. The third kappa shape index (κ3) is 4.86. The quantitative estimate of drug-likeness (QED) is 0.297. The van der Waals surface area contributed by atoms with Crippen molar-refractivity contribution in [2.24, 2.45) is 0 Å². The van der Waals surface area contributed by atoms with Crippen LogP contribution in [0.4, 0.5) is 5.69 Å². The van der Waals surface area contributed by atoms with Gasteiger partial charge in [0, 0.05) is 6.07 Å². The highest BCUT2D eigenvalue weighted by molar-refractivity contribution is 5.95. The van der Waals surface area contributed by atoms with Crippen LogP contribution in [0.5, 0.6) is 11.5 Å². The molecule has 0 saturated carbocycles. The number of hydrogen-bond acceptors (Lipinski definition) is 8. The van der Waals surface area contributed by atoms with Crippen LogP contribution in [-0.4, -0.2) is 54.1 Å². The molecule has 2 N–H and O–H groups in total. The molecule has 0 atom stereocenters. The monoisotopic (exact) mass is 315 g/mol. The van der Waals surface area contributed by atoms with Crippen LogP contribution in [0, 0.1) is 10.1 Å². The number of carbonyl (C=O) groups excluding carboxylic acids is 1. The van der Waals surface area contributed by atoms with E-state index in [2.05, 4.69) is 0 Å². The standard InChI is InChI=1S/C13H17NO8/c1-2-21-13(17)9-7-11(16)12(8-10(9)14(18)19)22-6-5-20-4-3-15/h7-8,15-16H,2-6H2,1H3. The van der Waals surface area contributed by atoms with Crippen molar-refractivity contribution in [2.75, 3.05) is 33.0 Å². The molecule has 0 aliphatic heterocycles. The predicted molar refractivity (Wildman–Crippen MR) is 74.1 cm³/mol. The Hall–Kier alpha value is -2.39. The zero-order valence-corrected chi connectivity index (χ0v) is 12.0. The zero-order valence-electron chi connectivity index (χ0n) is 12.0. The van der Waals surface area contributed by atoms with Gasteiger partial charge in [-0.15, -0.1) is 0 Å². The number of aliphatic hydroxyl groups is 1. The maximum absolute atomic E-state index is 11.6. The molecule has 0 aromatic heterocycles. The minimum absolute atomic E-state index is 0.0173. The summed E-state index contributed by atoms with van der Waals surface area (Å²) >= 11 is 0. The minimum atomic E-state index is -0.901. The fourth-order valence-corrected chi connectivity index (χ4v) is 1.57. The van der Waals surface area contributed by atoms with Gasteiger partial charge in [-0.25, -0.2) is 4.79 Å². The van der Waals surface area contributed by atoms with E-state index in [1.54, 1.807) is 6.92 Å². The largest absolute Gasteiger partial charge is 0.504 e. The predicted octanol–water partition coefficient (Wildman–Crippen LogP) is 0.865. The van der Waals surface area contributed by atoms with Gasteiger partial charge in [0.1, 0.15) is 12.2 Å². The summed E-state index contributed by atoms with van der Waals surface area (Å²) in [5.74, 6) is -1.47. The SMILES string of the molecule is CCOC(=O)c1cc(O)c(OCCOCCO)cc1[N+](=O)[O-]. The van der Waals surface area contributed by atoms with Crippen LogP contribution in [0.2, 0.25) is 0 Å². The first-order chi connectivity index (χ1) is 10.5. The Bertz CT molecular complexity index is 531. The Labute approximate surface area is 126 Å². The van der Waals surface area contributed by atoms with Crippen LogP contribution in [0.1, 0.15) is 17.3 Å². The normalized spacial score (nSPS) is 10.3. The number of phenolic OH excluding ortho intramolecular Hbond substituents is 1. The van der Waals surface area contributed by atoms with Gasteiger partial charge in [-0.1, -0.05) is 0 Å². The summed E-state index contributed by atoms with van der Waals surface area (Å²) in [7, 11) is 0. The van der Waals surface area contributed by atoms with Crippen LogP contribution in [0.25, 0.3) is 0 Å². The van der Waals surface area contributed by atoms with Gasteiger partial charge >= 0.3 is 5.97 Å². The van der Waals surface area contributed by atoms with Crippen LogP contribution in [0.15, 0.2) is 12.1 Å². The second-order valence-corrected chi connectivity index (χ2v) is 4.00. The average Bonchev–Trinajstić information content (AvgIpc) is 2.48. The number of nitrogens with zero attached hydrogens (tertiary/aromatic N) is 1. The number of ether oxygens (including phenoxy) is 3. The first kappa shape index (κ1) is 17.7. The molecule has 0 radical (unpaired) electrons. The first-order valence-corrected chi connectivity index (χ1v) is 6.51. The Balaban J connectivity index is 2.90. The summed E-state index contributed by atoms with van der Waals surface area (Å²) in [6.45, 7) is 1.77. The molecule has 0 aliphatic rings. The van der Waals surface area contributed by atoms with Crippen molar-refractivity contribution in [2.45, 2.75) is 6.92 Å². The van der Waals surface area contributed by atoms with Gasteiger partial charge in [0.05, 0.1) is 37.4 Å². The maximum Gasteiger partial charge on any atom is 0.345 e. The highest BCUT2D eigenvalue weighted by Gasteiger charge is 2.25. The molecule has 1 aromatic carbocycles. The third-order valence-corrected chi connectivity index (χ3v) is 2.49. The number of aromatic hydroxyl groups is 1. The molecule has 22 heavy (non-hydrogen) atoms. The molecule has 0 heterocycles. The Morgan fingerprint density at radius 2 is 2.05 bits per heavy atom. The van der Waals surface area contributed by atoms with E-state index in [4.69, 9.17) is 19.3 Å². The first-order valence-electron chi connectivity index (χ1n) is 6.51. The number of nitro groups is 1. The molecule has 0 saturated heterocycles. The molecule has 122 valence electrons. The average molecular weight is 315 g/mol. The van der Waals surface area contributed by atoms with E-state index in [1.165, 1.54) is 0 Å². The molecule has 1 aromatic rings. The summed E-state index contributed by atoms with van der Waals surface area (Å²) in [5, 5.41) is 29.3. The van der Waals surface area contributed by atoms with Crippen LogP contribution in [-0.2, 0) is 9.47 Å². The summed E-state index contributed by atoms with van der Waals surface area (Å²) in [6, 6.07) is 1.88. The molecule has 0 spiro atoms. The molecule has 9 nitrogen and oxygen atoms in total. The van der Waals surface area contributed by atoms with Crippen LogP contribution >= 0.6 is 0 Å². The number of rotatable bonds is 9. The van der Waals surface area contributed by atoms with Crippen LogP contribution < -0.4 is 4.74 Å². The molecule has 0 fully saturated rings. The summed E-state index contributed by atoms with van der Waals surface area (Å²) < 4.78 is 14.8. The zero-order chi connectivity index (χ0) is 16.5. The third-order valence-electron chi connectivity index (χ3n) is 2.49. The highest BCUT2D eigenvalue weighted by Crippen LogP contribution is 2.34. The van der Waals surface area contributed by atoms with E-state index in [1.807, 2.05) is 0 Å². The number of carbonyl (C=O) groups is 1. The van der Waals surface area contributed by atoms with Gasteiger partial charge in [0.25, 0.3) is 5.69 Å². The summed E-state index contributed by atoms with van der Waals surface area (Å²) in [6.07, 6.45) is 0. The Morgan fingerprint density at radius 3 is 2.64 bits per heavy atom. The minimum Gasteiger partial charge on any atom is -0.504 e. The lowest BCUT2D eigenvalue weighted by Crippen LogP contribution is -2.11. The molecule has 0 amide bonds. The van der Waals surface area contributed by atoms with Crippen LogP contribution in [0.3, 0.4) is 0 Å². The lowest BCUT2D eigenvalue weighted by Gasteiger charge is -2.10.